The molecule has 1 heterocycles. The van der Waals surface area contributed by atoms with Gasteiger partial charge in [0.2, 0.25) is 0 Å². The number of aromatic nitrogens is 3. The Morgan fingerprint density at radius 3 is 2.79 bits per heavy atom. The number of hydrogen-bond donors (Lipinski definition) is 2. The van der Waals surface area contributed by atoms with E-state index in [1.54, 1.807) is 0 Å². The van der Waals surface area contributed by atoms with Gasteiger partial charge < -0.3 is 10.1 Å². The highest BCUT2D eigenvalue weighted by molar-refractivity contribution is 5.88. The van der Waals surface area contributed by atoms with Gasteiger partial charge in [-0.1, -0.05) is 36.4 Å². The third-order valence-corrected chi connectivity index (χ3v) is 4.56. The van der Waals surface area contributed by atoms with Crippen molar-refractivity contribution in [1.82, 2.24) is 20.5 Å². The van der Waals surface area contributed by atoms with E-state index in [9.17, 15) is 4.79 Å². The smallest absolute Gasteiger partial charge is 0.258 e. The summed E-state index contributed by atoms with van der Waals surface area (Å²) < 4.78 is 5.75. The van der Waals surface area contributed by atoms with E-state index in [-0.39, 0.29) is 12.5 Å². The summed E-state index contributed by atoms with van der Waals surface area (Å²) in [4.78, 5) is 16.6. The lowest BCUT2D eigenvalue weighted by molar-refractivity contribution is -0.126. The first-order valence-corrected chi connectivity index (χ1v) is 8.04. The van der Waals surface area contributed by atoms with E-state index in [0.29, 0.717) is 11.6 Å². The van der Waals surface area contributed by atoms with Gasteiger partial charge in [-0.3, -0.25) is 9.89 Å². The number of fused-ring (bicyclic) bond motifs is 1. The fourth-order valence-corrected chi connectivity index (χ4v) is 3.16. The van der Waals surface area contributed by atoms with Crippen LogP contribution in [0, 0.1) is 0 Å². The third-order valence-electron chi connectivity index (χ3n) is 4.56. The number of nitrogens with zero attached hydrogens (tertiary/aromatic N) is 2. The lowest BCUT2D eigenvalue weighted by Gasteiger charge is -2.40. The molecule has 0 aliphatic heterocycles. The second-order valence-corrected chi connectivity index (χ2v) is 6.08. The average molecular weight is 322 g/mol. The molecule has 0 radical (unpaired) electrons. The SMILES string of the molecule is O=C(COc1cccc2ccccc12)NC1(c2ncn[nH]2)CCC1. The lowest BCUT2D eigenvalue weighted by atomic mass is 9.76. The molecular weight excluding hydrogens is 304 g/mol. The van der Waals surface area contributed by atoms with Gasteiger partial charge in [-0.2, -0.15) is 5.10 Å². The lowest BCUT2D eigenvalue weighted by Crippen LogP contribution is -2.52. The van der Waals surface area contributed by atoms with E-state index in [1.807, 2.05) is 42.5 Å². The maximum absolute atomic E-state index is 12.4. The van der Waals surface area contributed by atoms with Crippen molar-refractivity contribution in [3.63, 3.8) is 0 Å². The molecule has 3 aromatic rings. The predicted octanol–water partition coefficient (Wildman–Crippen LogP) is 2.53. The summed E-state index contributed by atoms with van der Waals surface area (Å²) in [6, 6.07) is 13.8. The molecule has 6 nitrogen and oxygen atoms in total. The quantitative estimate of drug-likeness (QED) is 0.756. The van der Waals surface area contributed by atoms with Crippen LogP contribution in [0.5, 0.6) is 5.75 Å². The molecule has 1 aromatic heterocycles. The number of carbonyl (C=O) groups is 1. The predicted molar refractivity (Wildman–Crippen MR) is 89.5 cm³/mol. The molecule has 0 saturated heterocycles. The van der Waals surface area contributed by atoms with Crippen molar-refractivity contribution in [3.8, 4) is 5.75 Å². The highest BCUT2D eigenvalue weighted by Crippen LogP contribution is 2.39. The Morgan fingerprint density at radius 1 is 1.21 bits per heavy atom. The summed E-state index contributed by atoms with van der Waals surface area (Å²) in [6.45, 7) is -0.0239. The van der Waals surface area contributed by atoms with Crippen LogP contribution in [0.1, 0.15) is 25.1 Å². The van der Waals surface area contributed by atoms with Crippen LogP contribution in [-0.2, 0) is 10.3 Å². The van der Waals surface area contributed by atoms with E-state index in [0.717, 1.165) is 30.0 Å². The number of aromatic amines is 1. The zero-order chi connectivity index (χ0) is 16.4. The summed E-state index contributed by atoms with van der Waals surface area (Å²) in [5.41, 5.74) is -0.421. The van der Waals surface area contributed by atoms with E-state index >= 15 is 0 Å². The van der Waals surface area contributed by atoms with Gasteiger partial charge in [0.25, 0.3) is 5.91 Å². The summed E-state index contributed by atoms with van der Waals surface area (Å²) in [6.07, 6.45) is 4.25. The van der Waals surface area contributed by atoms with Gasteiger partial charge in [-0.05, 0) is 30.7 Å². The molecular formula is C18H18N4O2. The second kappa shape index (κ2) is 5.96. The van der Waals surface area contributed by atoms with Crippen molar-refractivity contribution in [2.75, 3.05) is 6.61 Å². The van der Waals surface area contributed by atoms with Crippen LogP contribution in [0.2, 0.25) is 0 Å². The number of benzene rings is 2. The van der Waals surface area contributed by atoms with Gasteiger partial charge in [-0.25, -0.2) is 4.98 Å². The number of hydrogen-bond acceptors (Lipinski definition) is 4. The molecule has 1 fully saturated rings. The van der Waals surface area contributed by atoms with Crippen LogP contribution < -0.4 is 10.1 Å². The van der Waals surface area contributed by atoms with Crippen molar-refractivity contribution in [2.24, 2.45) is 0 Å². The molecule has 2 aromatic carbocycles. The Balaban J connectivity index is 1.45. The number of H-pyrrole nitrogens is 1. The Kier molecular flexibility index (Phi) is 3.65. The number of carbonyl (C=O) groups excluding carboxylic acids is 1. The van der Waals surface area contributed by atoms with Crippen LogP contribution in [0.4, 0.5) is 0 Å². The molecule has 122 valence electrons. The summed E-state index contributed by atoms with van der Waals surface area (Å²) in [5, 5.41) is 11.9. The average Bonchev–Trinajstić information content (AvgIpc) is 3.11. The van der Waals surface area contributed by atoms with Gasteiger partial charge in [-0.15, -0.1) is 0 Å². The Hall–Kier alpha value is -2.89. The summed E-state index contributed by atoms with van der Waals surface area (Å²) in [7, 11) is 0. The minimum Gasteiger partial charge on any atom is -0.483 e. The topological polar surface area (TPSA) is 79.9 Å². The number of nitrogens with one attached hydrogen (secondary N) is 2. The van der Waals surface area contributed by atoms with Crippen molar-refractivity contribution in [2.45, 2.75) is 24.8 Å². The first-order valence-electron chi connectivity index (χ1n) is 8.04. The molecule has 6 heteroatoms. The van der Waals surface area contributed by atoms with Gasteiger partial charge in [0.1, 0.15) is 17.9 Å². The molecule has 0 spiro atoms. The van der Waals surface area contributed by atoms with Crippen LogP contribution >= 0.6 is 0 Å². The largest absolute Gasteiger partial charge is 0.483 e. The minimum absolute atomic E-state index is 0.0239. The first kappa shape index (κ1) is 14.7. The van der Waals surface area contributed by atoms with Gasteiger partial charge in [0.15, 0.2) is 6.61 Å². The molecule has 0 atom stereocenters. The molecule has 1 amide bonds. The molecule has 2 N–H and O–H groups in total. The Labute approximate surface area is 139 Å². The number of amides is 1. The van der Waals surface area contributed by atoms with E-state index < -0.39 is 5.54 Å². The molecule has 4 rings (SSSR count). The Morgan fingerprint density at radius 2 is 2.04 bits per heavy atom. The Bertz CT molecular complexity index is 851. The van der Waals surface area contributed by atoms with Crippen molar-refractivity contribution < 1.29 is 9.53 Å². The van der Waals surface area contributed by atoms with Crippen molar-refractivity contribution in [3.05, 3.63) is 54.6 Å². The van der Waals surface area contributed by atoms with Crippen LogP contribution in [0.15, 0.2) is 48.8 Å². The van der Waals surface area contributed by atoms with Crippen LogP contribution in [-0.4, -0.2) is 27.7 Å². The maximum Gasteiger partial charge on any atom is 0.258 e. The normalized spacial score (nSPS) is 15.7. The highest BCUT2D eigenvalue weighted by atomic mass is 16.5. The summed E-state index contributed by atoms with van der Waals surface area (Å²) in [5.74, 6) is 1.27. The number of rotatable bonds is 5. The molecule has 1 aliphatic rings. The fourth-order valence-electron chi connectivity index (χ4n) is 3.16. The van der Waals surface area contributed by atoms with Gasteiger partial charge in [0.05, 0.1) is 5.54 Å². The standard InChI is InChI=1S/C18H18N4O2/c23-16(21-18(9-4-10-18)17-19-12-20-22-17)11-24-15-8-3-6-13-5-1-2-7-14(13)15/h1-3,5-8,12H,4,9-11H2,(H,21,23)(H,19,20,22). The number of ether oxygens (including phenoxy) is 1. The second-order valence-electron chi connectivity index (χ2n) is 6.08. The zero-order valence-electron chi connectivity index (χ0n) is 13.2. The highest BCUT2D eigenvalue weighted by Gasteiger charge is 2.42. The molecule has 0 bridgehead atoms. The molecule has 0 unspecified atom stereocenters. The third kappa shape index (κ3) is 2.60. The van der Waals surface area contributed by atoms with E-state index in [2.05, 4.69) is 20.5 Å². The van der Waals surface area contributed by atoms with Gasteiger partial charge >= 0.3 is 0 Å². The monoisotopic (exact) mass is 322 g/mol. The zero-order valence-corrected chi connectivity index (χ0v) is 13.2. The molecule has 1 saturated carbocycles. The van der Waals surface area contributed by atoms with Crippen molar-refractivity contribution >= 4 is 16.7 Å². The van der Waals surface area contributed by atoms with E-state index in [4.69, 9.17) is 4.74 Å². The van der Waals surface area contributed by atoms with Gasteiger partial charge in [0, 0.05) is 5.39 Å². The molecule has 1 aliphatic carbocycles. The molecule has 24 heavy (non-hydrogen) atoms. The first-order chi connectivity index (χ1) is 11.8. The maximum atomic E-state index is 12.4. The fraction of sp³-hybridized carbons (Fsp3) is 0.278. The van der Waals surface area contributed by atoms with Crippen molar-refractivity contribution in [1.29, 1.82) is 0 Å². The summed E-state index contributed by atoms with van der Waals surface area (Å²) >= 11 is 0. The van der Waals surface area contributed by atoms with Crippen LogP contribution in [0.25, 0.3) is 10.8 Å². The van der Waals surface area contributed by atoms with Crippen LogP contribution in [0.3, 0.4) is 0 Å². The van der Waals surface area contributed by atoms with E-state index in [1.165, 1.54) is 6.33 Å². The minimum atomic E-state index is -0.421.